The number of hydrogen-bond acceptors (Lipinski definition) is 3. The molecule has 1 saturated heterocycles. The van der Waals surface area contributed by atoms with Crippen LogP contribution in [0.1, 0.15) is 5.56 Å². The molecule has 1 aromatic carbocycles. The summed E-state index contributed by atoms with van der Waals surface area (Å²) in [6.45, 7) is 3.98. The van der Waals surface area contributed by atoms with Gasteiger partial charge in [0, 0.05) is 31.7 Å². The summed E-state index contributed by atoms with van der Waals surface area (Å²) in [5.41, 5.74) is 0.859. The van der Waals surface area contributed by atoms with Gasteiger partial charge in [-0.25, -0.2) is 0 Å². The monoisotopic (exact) mass is 271 g/mol. The number of halogens is 2. The van der Waals surface area contributed by atoms with E-state index in [1.165, 1.54) is 0 Å². The molecule has 0 atom stereocenters. The van der Waals surface area contributed by atoms with Crippen molar-refractivity contribution in [2.45, 2.75) is 0 Å². The lowest BCUT2D eigenvalue weighted by Crippen LogP contribution is -2.41. The van der Waals surface area contributed by atoms with Crippen molar-refractivity contribution in [2.75, 3.05) is 33.2 Å². The fourth-order valence-electron chi connectivity index (χ4n) is 1.68. The average molecular weight is 272 g/mol. The van der Waals surface area contributed by atoms with Crippen molar-refractivity contribution in [3.05, 3.63) is 33.8 Å². The first kappa shape index (κ1) is 12.7. The first-order valence-corrected chi connectivity index (χ1v) is 6.34. The third-order valence-electron chi connectivity index (χ3n) is 2.82. The molecule has 1 heterocycles. The summed E-state index contributed by atoms with van der Waals surface area (Å²) in [7, 11) is 2.12. The number of hydrazone groups is 1. The van der Waals surface area contributed by atoms with Crippen molar-refractivity contribution >= 4 is 29.4 Å². The molecule has 5 heteroatoms. The molecule has 0 saturated carbocycles. The largest absolute Gasteiger partial charge is 0.303 e. The maximum Gasteiger partial charge on any atom is 0.0680 e. The normalized spacial score (nSPS) is 17.9. The van der Waals surface area contributed by atoms with Gasteiger partial charge < -0.3 is 4.90 Å². The van der Waals surface area contributed by atoms with Gasteiger partial charge >= 0.3 is 0 Å². The number of likely N-dealkylation sites (N-methyl/N-ethyl adjacent to an activating group) is 1. The van der Waals surface area contributed by atoms with Gasteiger partial charge in [0.25, 0.3) is 0 Å². The molecule has 3 nitrogen and oxygen atoms in total. The molecule has 0 aliphatic carbocycles. The van der Waals surface area contributed by atoms with E-state index < -0.39 is 0 Å². The summed E-state index contributed by atoms with van der Waals surface area (Å²) in [6.07, 6.45) is 1.78. The van der Waals surface area contributed by atoms with Gasteiger partial charge in [-0.2, -0.15) is 5.10 Å². The Morgan fingerprint density at radius 1 is 1.18 bits per heavy atom. The van der Waals surface area contributed by atoms with Gasteiger partial charge in [0.05, 0.1) is 16.3 Å². The minimum absolute atomic E-state index is 0.562. The SMILES string of the molecule is CN1CCN(/N=C/c2cccc(Cl)c2Cl)CC1. The first-order valence-electron chi connectivity index (χ1n) is 5.58. The molecule has 0 bridgehead atoms. The molecule has 1 aromatic rings. The van der Waals surface area contributed by atoms with E-state index >= 15 is 0 Å². The zero-order valence-corrected chi connectivity index (χ0v) is 11.2. The summed E-state index contributed by atoms with van der Waals surface area (Å²) in [5, 5.41) is 7.61. The van der Waals surface area contributed by atoms with Crippen LogP contribution in [0.5, 0.6) is 0 Å². The summed E-state index contributed by atoms with van der Waals surface area (Å²) >= 11 is 12.0. The Kier molecular flexibility index (Phi) is 4.26. The topological polar surface area (TPSA) is 18.8 Å². The predicted molar refractivity (Wildman–Crippen MR) is 73.1 cm³/mol. The Morgan fingerprint density at radius 3 is 2.59 bits per heavy atom. The number of piperazine rings is 1. The first-order chi connectivity index (χ1) is 8.16. The molecule has 17 heavy (non-hydrogen) atoms. The van der Waals surface area contributed by atoms with Crippen LogP contribution >= 0.6 is 23.2 Å². The van der Waals surface area contributed by atoms with Crippen LogP contribution in [-0.2, 0) is 0 Å². The summed E-state index contributed by atoms with van der Waals surface area (Å²) in [5.74, 6) is 0. The Balaban J connectivity index is 2.03. The van der Waals surface area contributed by atoms with Crippen molar-refractivity contribution in [2.24, 2.45) is 5.10 Å². The summed E-state index contributed by atoms with van der Waals surface area (Å²) < 4.78 is 0. The number of nitrogens with zero attached hydrogens (tertiary/aromatic N) is 3. The Morgan fingerprint density at radius 2 is 1.88 bits per heavy atom. The predicted octanol–water partition coefficient (Wildman–Crippen LogP) is 2.57. The van der Waals surface area contributed by atoms with E-state index in [9.17, 15) is 0 Å². The highest BCUT2D eigenvalue weighted by molar-refractivity contribution is 6.43. The highest BCUT2D eigenvalue weighted by atomic mass is 35.5. The molecule has 0 amide bonds. The third kappa shape index (κ3) is 3.35. The maximum atomic E-state index is 6.08. The molecule has 0 N–H and O–H groups in total. The van der Waals surface area contributed by atoms with Crippen molar-refractivity contribution in [3.8, 4) is 0 Å². The van der Waals surface area contributed by atoms with Gasteiger partial charge in [-0.05, 0) is 13.1 Å². The van der Waals surface area contributed by atoms with E-state index in [4.69, 9.17) is 23.2 Å². The van der Waals surface area contributed by atoms with Crippen LogP contribution in [0.15, 0.2) is 23.3 Å². The second-order valence-electron chi connectivity index (χ2n) is 4.14. The highest BCUT2D eigenvalue weighted by Crippen LogP contribution is 2.24. The molecule has 1 aliphatic heterocycles. The van der Waals surface area contributed by atoms with E-state index in [-0.39, 0.29) is 0 Å². The second-order valence-corrected chi connectivity index (χ2v) is 4.93. The standard InChI is InChI=1S/C12H15Cl2N3/c1-16-5-7-17(8-6-16)15-9-10-3-2-4-11(13)12(10)14/h2-4,9H,5-8H2,1H3/b15-9+. The highest BCUT2D eigenvalue weighted by Gasteiger charge is 2.11. The average Bonchev–Trinajstić information content (AvgIpc) is 2.33. The van der Waals surface area contributed by atoms with Gasteiger partial charge in [-0.3, -0.25) is 5.01 Å². The van der Waals surface area contributed by atoms with E-state index in [1.54, 1.807) is 12.3 Å². The molecular weight excluding hydrogens is 257 g/mol. The molecule has 1 fully saturated rings. The van der Waals surface area contributed by atoms with Crippen molar-refractivity contribution in [3.63, 3.8) is 0 Å². The summed E-state index contributed by atoms with van der Waals surface area (Å²) in [4.78, 5) is 2.29. The van der Waals surface area contributed by atoms with Crippen LogP contribution in [0.4, 0.5) is 0 Å². The minimum atomic E-state index is 0.562. The van der Waals surface area contributed by atoms with E-state index in [1.807, 2.05) is 12.1 Å². The van der Waals surface area contributed by atoms with Gasteiger partial charge in [0.1, 0.15) is 0 Å². The lowest BCUT2D eigenvalue weighted by atomic mass is 10.2. The van der Waals surface area contributed by atoms with E-state index in [0.717, 1.165) is 31.7 Å². The Labute approximate surface area is 112 Å². The van der Waals surface area contributed by atoms with Crippen LogP contribution in [0.2, 0.25) is 10.0 Å². The molecule has 1 aliphatic rings. The van der Waals surface area contributed by atoms with Gasteiger partial charge in [-0.15, -0.1) is 0 Å². The Hall–Kier alpha value is -0.770. The van der Waals surface area contributed by atoms with Crippen molar-refractivity contribution in [1.29, 1.82) is 0 Å². The van der Waals surface area contributed by atoms with Crippen molar-refractivity contribution < 1.29 is 0 Å². The van der Waals surface area contributed by atoms with Gasteiger partial charge in [0.15, 0.2) is 0 Å². The smallest absolute Gasteiger partial charge is 0.0680 e. The molecule has 0 spiro atoms. The molecule has 0 aromatic heterocycles. The van der Waals surface area contributed by atoms with Crippen LogP contribution in [0.3, 0.4) is 0 Å². The number of hydrogen-bond donors (Lipinski definition) is 0. The zero-order valence-electron chi connectivity index (χ0n) is 9.74. The van der Waals surface area contributed by atoms with Crippen LogP contribution in [-0.4, -0.2) is 49.4 Å². The third-order valence-corrected chi connectivity index (χ3v) is 3.65. The molecule has 0 radical (unpaired) electrons. The molecular formula is C12H15Cl2N3. The number of rotatable bonds is 2. The minimum Gasteiger partial charge on any atom is -0.303 e. The lowest BCUT2D eigenvalue weighted by molar-refractivity contribution is 0.159. The fraction of sp³-hybridized carbons (Fsp3) is 0.417. The fourth-order valence-corrected chi connectivity index (χ4v) is 2.03. The van der Waals surface area contributed by atoms with Crippen LogP contribution in [0.25, 0.3) is 0 Å². The van der Waals surface area contributed by atoms with Crippen LogP contribution in [0, 0.1) is 0 Å². The number of benzene rings is 1. The van der Waals surface area contributed by atoms with E-state index in [2.05, 4.69) is 22.1 Å². The van der Waals surface area contributed by atoms with Gasteiger partial charge in [0.2, 0.25) is 0 Å². The quantitative estimate of drug-likeness (QED) is 0.770. The summed E-state index contributed by atoms with van der Waals surface area (Å²) in [6, 6.07) is 5.56. The zero-order chi connectivity index (χ0) is 12.3. The maximum absolute atomic E-state index is 6.08. The Bertz CT molecular complexity index is 412. The van der Waals surface area contributed by atoms with Crippen LogP contribution < -0.4 is 0 Å². The molecule has 92 valence electrons. The molecule has 2 rings (SSSR count). The second kappa shape index (κ2) is 5.71. The van der Waals surface area contributed by atoms with Gasteiger partial charge in [-0.1, -0.05) is 35.3 Å². The lowest BCUT2D eigenvalue weighted by Gasteiger charge is -2.30. The van der Waals surface area contributed by atoms with Crippen molar-refractivity contribution in [1.82, 2.24) is 9.91 Å². The van der Waals surface area contributed by atoms with E-state index in [0.29, 0.717) is 10.0 Å². The molecule has 0 unspecified atom stereocenters.